The molecule has 0 unspecified atom stereocenters. The van der Waals surface area contributed by atoms with Crippen molar-refractivity contribution in [2.75, 3.05) is 13.1 Å². The maximum Gasteiger partial charge on any atom is 0.0191 e. The van der Waals surface area contributed by atoms with E-state index in [2.05, 4.69) is 25.7 Å². The molecule has 1 saturated heterocycles. The second-order valence-electron chi connectivity index (χ2n) is 2.93. The molecule has 0 N–H and O–H groups in total. The highest BCUT2D eigenvalue weighted by molar-refractivity contribution is 5.07. The van der Waals surface area contributed by atoms with Gasteiger partial charge in [-0.25, -0.2) is 0 Å². The van der Waals surface area contributed by atoms with Crippen LogP contribution in [0.4, 0.5) is 0 Å². The largest absolute Gasteiger partial charge is 0.375 e. The van der Waals surface area contributed by atoms with Gasteiger partial charge in [-0.2, -0.15) is 0 Å². The summed E-state index contributed by atoms with van der Waals surface area (Å²) in [5, 5.41) is 0. The first-order chi connectivity index (χ1) is 4.22. The predicted octanol–water partition coefficient (Wildman–Crippen LogP) is 2.01. The molecule has 1 fully saturated rings. The van der Waals surface area contributed by atoms with Gasteiger partial charge in [-0.3, -0.25) is 0 Å². The van der Waals surface area contributed by atoms with Crippen LogP contribution in [0.25, 0.3) is 0 Å². The van der Waals surface area contributed by atoms with E-state index in [1.807, 2.05) is 0 Å². The number of hydrogen-bond donors (Lipinski definition) is 0. The maximum absolute atomic E-state index is 2.43. The summed E-state index contributed by atoms with van der Waals surface area (Å²) in [6.45, 7) is 9.10. The summed E-state index contributed by atoms with van der Waals surface area (Å²) < 4.78 is 0. The lowest BCUT2D eigenvalue weighted by Gasteiger charge is -2.34. The fourth-order valence-electron chi connectivity index (χ4n) is 0.968. The SMILES string of the molecule is CC(C)=C(C)N1CCC1. The van der Waals surface area contributed by atoms with Crippen molar-refractivity contribution < 1.29 is 0 Å². The number of likely N-dealkylation sites (tertiary alicyclic amines) is 1. The lowest BCUT2D eigenvalue weighted by Crippen LogP contribution is -2.35. The predicted molar refractivity (Wildman–Crippen MR) is 40.2 cm³/mol. The molecule has 0 saturated carbocycles. The first kappa shape index (κ1) is 6.66. The molecular weight excluding hydrogens is 110 g/mol. The summed E-state index contributed by atoms with van der Waals surface area (Å²) in [4.78, 5) is 2.43. The monoisotopic (exact) mass is 125 g/mol. The van der Waals surface area contributed by atoms with Gasteiger partial charge in [-0.05, 0) is 27.2 Å². The van der Waals surface area contributed by atoms with Crippen LogP contribution in [0.5, 0.6) is 0 Å². The van der Waals surface area contributed by atoms with Gasteiger partial charge in [0.15, 0.2) is 0 Å². The molecule has 0 amide bonds. The Balaban J connectivity index is 2.50. The Bertz CT molecular complexity index is 128. The molecule has 0 bridgehead atoms. The molecule has 1 aliphatic rings. The average molecular weight is 125 g/mol. The number of nitrogens with zero attached hydrogens (tertiary/aromatic N) is 1. The van der Waals surface area contributed by atoms with Crippen molar-refractivity contribution in [3.8, 4) is 0 Å². The normalized spacial score (nSPS) is 17.0. The highest BCUT2D eigenvalue weighted by Crippen LogP contribution is 2.16. The van der Waals surface area contributed by atoms with Gasteiger partial charge in [0.25, 0.3) is 0 Å². The molecule has 52 valence electrons. The van der Waals surface area contributed by atoms with Gasteiger partial charge in [0, 0.05) is 18.8 Å². The van der Waals surface area contributed by atoms with Crippen molar-refractivity contribution in [3.05, 3.63) is 11.3 Å². The molecule has 0 aromatic rings. The van der Waals surface area contributed by atoms with E-state index in [9.17, 15) is 0 Å². The number of hydrogen-bond acceptors (Lipinski definition) is 1. The molecule has 1 nitrogen and oxygen atoms in total. The van der Waals surface area contributed by atoms with Crippen LogP contribution in [-0.4, -0.2) is 18.0 Å². The fourth-order valence-corrected chi connectivity index (χ4v) is 0.968. The van der Waals surface area contributed by atoms with Gasteiger partial charge in [0.1, 0.15) is 0 Å². The summed E-state index contributed by atoms with van der Waals surface area (Å²) >= 11 is 0. The quantitative estimate of drug-likeness (QED) is 0.518. The summed E-state index contributed by atoms with van der Waals surface area (Å²) in [5.74, 6) is 0. The van der Waals surface area contributed by atoms with E-state index in [0.29, 0.717) is 0 Å². The van der Waals surface area contributed by atoms with Gasteiger partial charge in [-0.15, -0.1) is 0 Å². The zero-order chi connectivity index (χ0) is 6.85. The fraction of sp³-hybridized carbons (Fsp3) is 0.750. The van der Waals surface area contributed by atoms with Crippen LogP contribution in [0, 0.1) is 0 Å². The van der Waals surface area contributed by atoms with Crippen molar-refractivity contribution in [3.63, 3.8) is 0 Å². The first-order valence-corrected chi connectivity index (χ1v) is 3.61. The third-order valence-corrected chi connectivity index (χ3v) is 2.05. The van der Waals surface area contributed by atoms with Crippen LogP contribution < -0.4 is 0 Å². The van der Waals surface area contributed by atoms with Crippen molar-refractivity contribution in [1.82, 2.24) is 4.90 Å². The topological polar surface area (TPSA) is 3.24 Å². The molecule has 0 atom stereocenters. The van der Waals surface area contributed by atoms with E-state index < -0.39 is 0 Å². The van der Waals surface area contributed by atoms with Gasteiger partial charge >= 0.3 is 0 Å². The lowest BCUT2D eigenvalue weighted by molar-refractivity contribution is 0.237. The minimum absolute atomic E-state index is 1.27. The summed E-state index contributed by atoms with van der Waals surface area (Å²) in [7, 11) is 0. The van der Waals surface area contributed by atoms with Crippen LogP contribution in [-0.2, 0) is 0 Å². The molecule has 9 heavy (non-hydrogen) atoms. The van der Waals surface area contributed by atoms with Gasteiger partial charge in [-0.1, -0.05) is 5.57 Å². The lowest BCUT2D eigenvalue weighted by atomic mass is 10.1. The van der Waals surface area contributed by atoms with Crippen LogP contribution in [0.15, 0.2) is 11.3 Å². The molecule has 0 aliphatic carbocycles. The molecule has 1 heteroatoms. The van der Waals surface area contributed by atoms with E-state index in [4.69, 9.17) is 0 Å². The second-order valence-corrected chi connectivity index (χ2v) is 2.93. The summed E-state index contributed by atoms with van der Waals surface area (Å²) in [5.41, 5.74) is 2.93. The Morgan fingerprint density at radius 2 is 1.67 bits per heavy atom. The van der Waals surface area contributed by atoms with E-state index in [1.165, 1.54) is 30.8 Å². The van der Waals surface area contributed by atoms with Gasteiger partial charge < -0.3 is 4.90 Å². The minimum Gasteiger partial charge on any atom is -0.375 e. The molecule has 0 aromatic heterocycles. The Hall–Kier alpha value is -0.460. The van der Waals surface area contributed by atoms with Crippen molar-refractivity contribution in [2.45, 2.75) is 27.2 Å². The zero-order valence-corrected chi connectivity index (χ0v) is 6.57. The highest BCUT2D eigenvalue weighted by Gasteiger charge is 2.13. The van der Waals surface area contributed by atoms with Crippen molar-refractivity contribution >= 4 is 0 Å². The summed E-state index contributed by atoms with van der Waals surface area (Å²) in [6, 6.07) is 0. The highest BCUT2D eigenvalue weighted by atomic mass is 15.2. The van der Waals surface area contributed by atoms with Crippen LogP contribution in [0.3, 0.4) is 0 Å². The summed E-state index contributed by atoms with van der Waals surface area (Å²) in [6.07, 6.45) is 1.38. The first-order valence-electron chi connectivity index (χ1n) is 3.61. The van der Waals surface area contributed by atoms with Crippen LogP contribution in [0.2, 0.25) is 0 Å². The average Bonchev–Trinajstić information content (AvgIpc) is 1.60. The smallest absolute Gasteiger partial charge is 0.0191 e. The standard InChI is InChI=1S/C8H15N/c1-7(2)8(3)9-5-4-6-9/h4-6H2,1-3H3. The Kier molecular flexibility index (Phi) is 1.79. The number of rotatable bonds is 1. The van der Waals surface area contributed by atoms with E-state index in [0.717, 1.165) is 0 Å². The maximum atomic E-state index is 2.43. The van der Waals surface area contributed by atoms with E-state index in [1.54, 1.807) is 0 Å². The van der Waals surface area contributed by atoms with Crippen LogP contribution in [0.1, 0.15) is 27.2 Å². The molecule has 1 heterocycles. The van der Waals surface area contributed by atoms with Gasteiger partial charge in [0.2, 0.25) is 0 Å². The molecular formula is C8H15N. The molecule has 0 aromatic carbocycles. The molecule has 0 spiro atoms. The second kappa shape index (κ2) is 2.42. The zero-order valence-electron chi connectivity index (χ0n) is 6.57. The van der Waals surface area contributed by atoms with E-state index in [-0.39, 0.29) is 0 Å². The molecule has 1 aliphatic heterocycles. The molecule has 0 radical (unpaired) electrons. The minimum atomic E-state index is 1.27. The van der Waals surface area contributed by atoms with Crippen molar-refractivity contribution in [1.29, 1.82) is 0 Å². The molecule has 1 rings (SSSR count). The van der Waals surface area contributed by atoms with Crippen molar-refractivity contribution in [2.24, 2.45) is 0 Å². The third-order valence-electron chi connectivity index (χ3n) is 2.05. The Labute approximate surface area is 57.4 Å². The number of allylic oxidation sites excluding steroid dienone is 2. The van der Waals surface area contributed by atoms with Gasteiger partial charge in [0.05, 0.1) is 0 Å². The third kappa shape index (κ3) is 1.26. The Morgan fingerprint density at radius 3 is 1.78 bits per heavy atom. The van der Waals surface area contributed by atoms with E-state index >= 15 is 0 Å². The Morgan fingerprint density at radius 1 is 1.11 bits per heavy atom. The van der Waals surface area contributed by atoms with Crippen LogP contribution >= 0.6 is 0 Å².